The summed E-state index contributed by atoms with van der Waals surface area (Å²) < 4.78 is 6.60. The highest BCUT2D eigenvalue weighted by molar-refractivity contribution is 5.85. The lowest BCUT2D eigenvalue weighted by molar-refractivity contribution is -0.145. The Labute approximate surface area is 163 Å². The Balaban J connectivity index is 1.61. The number of hydrogen-bond acceptors (Lipinski definition) is 5. The Bertz CT molecular complexity index is 910. The topological polar surface area (TPSA) is 86.1 Å². The molecule has 28 heavy (non-hydrogen) atoms. The minimum absolute atomic E-state index is 0.211. The van der Waals surface area contributed by atoms with E-state index in [0.29, 0.717) is 18.5 Å². The van der Waals surface area contributed by atoms with Gasteiger partial charge in [-0.25, -0.2) is 9.48 Å². The van der Waals surface area contributed by atoms with Crippen molar-refractivity contribution < 1.29 is 14.3 Å². The molecular weight excluding hydrogens is 356 g/mol. The lowest BCUT2D eigenvalue weighted by atomic mass is 10.1. The summed E-state index contributed by atoms with van der Waals surface area (Å²) in [7, 11) is 1.30. The van der Waals surface area contributed by atoms with Gasteiger partial charge in [-0.2, -0.15) is 0 Å². The molecule has 2 aromatic carbocycles. The Morgan fingerprint density at radius 3 is 2.43 bits per heavy atom. The Hall–Kier alpha value is -3.48. The Morgan fingerprint density at radius 1 is 1.07 bits per heavy atom. The molecule has 1 heterocycles. The average Bonchev–Trinajstić information content (AvgIpc) is 3.18. The summed E-state index contributed by atoms with van der Waals surface area (Å²) in [6.45, 7) is 0.590. The maximum absolute atomic E-state index is 12.4. The van der Waals surface area contributed by atoms with Crippen LogP contribution in [0.3, 0.4) is 0 Å². The number of ether oxygens (including phenoxy) is 1. The summed E-state index contributed by atoms with van der Waals surface area (Å²) in [6.07, 6.45) is 2.34. The molecule has 0 spiro atoms. The van der Waals surface area contributed by atoms with Crippen molar-refractivity contribution in [2.75, 3.05) is 7.11 Å². The number of nitrogens with zero attached hydrogens (tertiary/aromatic N) is 3. The van der Waals surface area contributed by atoms with Gasteiger partial charge in [-0.3, -0.25) is 4.79 Å². The highest BCUT2D eigenvalue weighted by atomic mass is 16.5. The van der Waals surface area contributed by atoms with Crippen LogP contribution in [0.15, 0.2) is 66.9 Å². The van der Waals surface area contributed by atoms with Crippen molar-refractivity contribution in [2.45, 2.75) is 25.4 Å². The van der Waals surface area contributed by atoms with Crippen molar-refractivity contribution in [3.8, 4) is 0 Å². The number of esters is 1. The predicted molar refractivity (Wildman–Crippen MR) is 103 cm³/mol. The van der Waals surface area contributed by atoms with Gasteiger partial charge in [-0.1, -0.05) is 65.9 Å². The predicted octanol–water partition coefficient (Wildman–Crippen LogP) is 2.29. The van der Waals surface area contributed by atoms with Crippen LogP contribution in [0.1, 0.15) is 29.3 Å². The number of methoxy groups -OCH3 is 1. The smallest absolute Gasteiger partial charge is 0.333 e. The monoisotopic (exact) mass is 378 g/mol. The highest BCUT2D eigenvalue weighted by Crippen LogP contribution is 2.15. The zero-order valence-corrected chi connectivity index (χ0v) is 15.6. The number of rotatable bonds is 8. The first-order valence-electron chi connectivity index (χ1n) is 9.01. The van der Waals surface area contributed by atoms with Crippen molar-refractivity contribution in [1.29, 1.82) is 0 Å². The van der Waals surface area contributed by atoms with Crippen molar-refractivity contribution in [1.82, 2.24) is 20.3 Å². The summed E-state index contributed by atoms with van der Waals surface area (Å²) in [4.78, 5) is 24.5. The van der Waals surface area contributed by atoms with Gasteiger partial charge >= 0.3 is 5.97 Å². The quantitative estimate of drug-likeness (QED) is 0.608. The van der Waals surface area contributed by atoms with E-state index in [-0.39, 0.29) is 12.3 Å². The summed E-state index contributed by atoms with van der Waals surface area (Å²) >= 11 is 0. The van der Waals surface area contributed by atoms with Gasteiger partial charge in [0.2, 0.25) is 5.91 Å². The van der Waals surface area contributed by atoms with Crippen LogP contribution in [0.25, 0.3) is 0 Å². The number of benzene rings is 2. The maximum atomic E-state index is 12.4. The third-order valence-electron chi connectivity index (χ3n) is 4.36. The summed E-state index contributed by atoms with van der Waals surface area (Å²) in [6, 6.07) is 18.1. The number of nitrogens with one attached hydrogen (secondary N) is 1. The number of carbonyl (C=O) groups excluding carboxylic acids is 2. The normalized spacial score (nSPS) is 11.6. The van der Waals surface area contributed by atoms with E-state index in [1.807, 2.05) is 48.5 Å². The second kappa shape index (κ2) is 9.45. The second-order valence-corrected chi connectivity index (χ2v) is 6.30. The van der Waals surface area contributed by atoms with Crippen molar-refractivity contribution in [2.24, 2.45) is 0 Å². The molecular formula is C21H22N4O3. The molecule has 0 saturated carbocycles. The molecule has 0 aliphatic heterocycles. The molecule has 1 aromatic heterocycles. The van der Waals surface area contributed by atoms with E-state index >= 15 is 0 Å². The molecule has 0 fully saturated rings. The first kappa shape index (κ1) is 19.3. The van der Waals surface area contributed by atoms with E-state index in [1.54, 1.807) is 23.0 Å². The van der Waals surface area contributed by atoms with Gasteiger partial charge in [0, 0.05) is 6.42 Å². The summed E-state index contributed by atoms with van der Waals surface area (Å²) in [5.74, 6) is -0.748. The van der Waals surface area contributed by atoms with Crippen LogP contribution in [0, 0.1) is 0 Å². The fourth-order valence-electron chi connectivity index (χ4n) is 2.88. The molecule has 0 bridgehead atoms. The molecule has 0 radical (unpaired) electrons. The van der Waals surface area contributed by atoms with Crippen LogP contribution in [0.5, 0.6) is 0 Å². The summed E-state index contributed by atoms with van der Waals surface area (Å²) in [5, 5.41) is 10.8. The maximum Gasteiger partial charge on any atom is 0.333 e. The van der Waals surface area contributed by atoms with Gasteiger partial charge in [0.05, 0.1) is 25.5 Å². The van der Waals surface area contributed by atoms with E-state index in [0.717, 1.165) is 11.3 Å². The van der Waals surface area contributed by atoms with E-state index in [1.165, 1.54) is 7.11 Å². The fourth-order valence-corrected chi connectivity index (χ4v) is 2.88. The average molecular weight is 378 g/mol. The van der Waals surface area contributed by atoms with E-state index < -0.39 is 12.0 Å². The third-order valence-corrected chi connectivity index (χ3v) is 4.36. The van der Waals surface area contributed by atoms with E-state index in [9.17, 15) is 9.59 Å². The highest BCUT2D eigenvalue weighted by Gasteiger charge is 2.23. The minimum Gasteiger partial charge on any atom is -0.467 e. The molecule has 0 aliphatic carbocycles. The molecule has 1 unspecified atom stereocenters. The molecule has 1 atom stereocenters. The van der Waals surface area contributed by atoms with Crippen LogP contribution in [-0.2, 0) is 27.3 Å². The Morgan fingerprint density at radius 2 is 1.75 bits per heavy atom. The zero-order valence-electron chi connectivity index (χ0n) is 15.6. The lowest BCUT2D eigenvalue weighted by Gasteiger charge is -2.17. The Kier molecular flexibility index (Phi) is 6.51. The lowest BCUT2D eigenvalue weighted by Crippen LogP contribution is -2.34. The van der Waals surface area contributed by atoms with Gasteiger partial charge in [0.1, 0.15) is 0 Å². The number of amides is 1. The third kappa shape index (κ3) is 5.03. The molecule has 144 valence electrons. The van der Waals surface area contributed by atoms with Crippen LogP contribution >= 0.6 is 0 Å². The van der Waals surface area contributed by atoms with Gasteiger partial charge in [-0.05, 0) is 17.5 Å². The SMILES string of the molecule is COC(=O)C(NC(=O)CCc1cnnn1Cc1ccccc1)c1ccccc1. The first-order valence-corrected chi connectivity index (χ1v) is 9.01. The minimum atomic E-state index is -0.828. The fraction of sp³-hybridized carbons (Fsp3) is 0.238. The van der Waals surface area contributed by atoms with Crippen LogP contribution in [-0.4, -0.2) is 34.0 Å². The molecule has 7 heteroatoms. The van der Waals surface area contributed by atoms with Crippen LogP contribution < -0.4 is 5.32 Å². The van der Waals surface area contributed by atoms with Gasteiger partial charge in [-0.15, -0.1) is 5.10 Å². The molecule has 3 aromatic rings. The van der Waals surface area contributed by atoms with Crippen LogP contribution in [0.4, 0.5) is 0 Å². The number of aromatic nitrogens is 3. The van der Waals surface area contributed by atoms with Crippen LogP contribution in [0.2, 0.25) is 0 Å². The molecule has 1 N–H and O–H groups in total. The summed E-state index contributed by atoms with van der Waals surface area (Å²) in [5.41, 5.74) is 2.64. The van der Waals surface area contributed by atoms with E-state index in [2.05, 4.69) is 15.6 Å². The van der Waals surface area contributed by atoms with Gasteiger partial charge < -0.3 is 10.1 Å². The molecule has 3 rings (SSSR count). The zero-order chi connectivity index (χ0) is 19.8. The number of aryl methyl sites for hydroxylation is 1. The first-order chi connectivity index (χ1) is 13.7. The standard InChI is InChI=1S/C21H22N4O3/c1-28-21(27)20(17-10-6-3-7-11-17)23-19(26)13-12-18-14-22-24-25(18)15-16-8-4-2-5-9-16/h2-11,14,20H,12-13,15H2,1H3,(H,23,26). The van der Waals surface area contributed by atoms with Crippen molar-refractivity contribution in [3.63, 3.8) is 0 Å². The van der Waals surface area contributed by atoms with E-state index in [4.69, 9.17) is 4.74 Å². The molecule has 0 saturated heterocycles. The van der Waals surface area contributed by atoms with Gasteiger partial charge in [0.15, 0.2) is 6.04 Å². The molecule has 1 amide bonds. The van der Waals surface area contributed by atoms with Crippen molar-refractivity contribution >= 4 is 11.9 Å². The van der Waals surface area contributed by atoms with Gasteiger partial charge in [0.25, 0.3) is 0 Å². The number of carbonyl (C=O) groups is 2. The second-order valence-electron chi connectivity index (χ2n) is 6.30. The largest absolute Gasteiger partial charge is 0.467 e. The van der Waals surface area contributed by atoms with Crippen molar-refractivity contribution in [3.05, 3.63) is 83.7 Å². The molecule has 0 aliphatic rings. The molecule has 7 nitrogen and oxygen atoms in total. The number of hydrogen-bond donors (Lipinski definition) is 1.